The van der Waals surface area contributed by atoms with Crippen molar-refractivity contribution in [3.05, 3.63) is 70.4 Å². The third kappa shape index (κ3) is 11.5. The van der Waals surface area contributed by atoms with Crippen molar-refractivity contribution in [2.24, 2.45) is 0 Å². The molecule has 1 heterocycles. The van der Waals surface area contributed by atoms with E-state index in [1.54, 1.807) is 0 Å². The van der Waals surface area contributed by atoms with Gasteiger partial charge in [-0.1, -0.05) is 139 Å². The smallest absolute Gasteiger partial charge is 0.652 e. The second-order valence-electron chi connectivity index (χ2n) is 14.6. The molecule has 2 aromatic rings. The van der Waals surface area contributed by atoms with Crippen LogP contribution in [-0.2, 0) is 0 Å². The minimum Gasteiger partial charge on any atom is -0.652 e. The Morgan fingerprint density at radius 3 is 1.12 bits per heavy atom. The fourth-order valence-corrected chi connectivity index (χ4v) is 6.07. The van der Waals surface area contributed by atoms with Crippen LogP contribution in [-0.4, -0.2) is 45.6 Å². The molecule has 1 aliphatic rings. The maximum Gasteiger partial charge on any atom is 2.00 e. The van der Waals surface area contributed by atoms with Crippen LogP contribution in [0.2, 0.25) is 0 Å². The Kier molecular flexibility index (Phi) is 15.0. The van der Waals surface area contributed by atoms with E-state index >= 15 is 0 Å². The molecule has 0 saturated carbocycles. The van der Waals surface area contributed by atoms with Crippen molar-refractivity contribution in [3.8, 4) is 0 Å². The Morgan fingerprint density at radius 2 is 0.905 bits per heavy atom. The molecular weight excluding hydrogens is 523 g/mol. The fourth-order valence-electron chi connectivity index (χ4n) is 6.07. The summed E-state index contributed by atoms with van der Waals surface area (Å²) in [4.78, 5) is 7.47. The van der Waals surface area contributed by atoms with Gasteiger partial charge in [0.2, 0.25) is 11.4 Å². The average Bonchev–Trinajstić information content (AvgIpc) is 2.82. The van der Waals surface area contributed by atoms with E-state index < -0.39 is 0 Å². The first-order valence-corrected chi connectivity index (χ1v) is 16.0. The number of nitrogens with zero attached hydrogens (tertiary/aromatic N) is 1. The molecule has 2 aromatic carbocycles. The van der Waals surface area contributed by atoms with Gasteiger partial charge in [-0.15, -0.1) is 11.1 Å². The molecule has 0 spiro atoms. The molecular formula is C38H61MgN3+2. The Balaban J connectivity index is 0.000000677. The minimum atomic E-state index is 0. The molecule has 0 atom stereocenters. The number of hydrogen-bond donors (Lipinski definition) is 2. The number of rotatable bonds is 8. The van der Waals surface area contributed by atoms with Crippen molar-refractivity contribution in [1.29, 1.82) is 0 Å². The van der Waals surface area contributed by atoms with Gasteiger partial charge >= 0.3 is 23.1 Å². The predicted octanol–water partition coefficient (Wildman–Crippen LogP) is 8.15. The van der Waals surface area contributed by atoms with E-state index in [9.17, 15) is 0 Å². The van der Waals surface area contributed by atoms with E-state index in [0.29, 0.717) is 23.7 Å². The Bertz CT molecular complexity index is 1050. The molecule has 3 rings (SSSR count). The topological polar surface area (TPSA) is 42.0 Å². The second-order valence-corrected chi connectivity index (χ2v) is 14.6. The molecule has 0 aliphatic carbocycles. The molecule has 4 heteroatoms. The van der Waals surface area contributed by atoms with Crippen LogP contribution >= 0.6 is 0 Å². The van der Waals surface area contributed by atoms with Crippen LogP contribution in [0.4, 0.5) is 11.4 Å². The van der Waals surface area contributed by atoms with Crippen molar-refractivity contribution >= 4 is 45.9 Å². The quantitative estimate of drug-likeness (QED) is 0.179. The van der Waals surface area contributed by atoms with Crippen molar-refractivity contribution in [2.75, 3.05) is 0 Å². The zero-order chi connectivity index (χ0) is 31.1. The molecule has 0 aromatic heterocycles. The summed E-state index contributed by atoms with van der Waals surface area (Å²) in [6.07, 6.45) is 6.08. The standard InChI is InChI=1S/C29H41N2.C9H18N.Mg/c1-18(2)24-13-11-14-25(19(3)4)28(24)30-22(9)17-23(10)31-29-26(20(5)6)15-12-16-27(29)21(7)8;1-8(2)6-5-7-9(3,4)10-8;/h11-21H,1-10H3;5-7H2,1-4H3;/q2*-1;+2/p+2. The zero-order valence-corrected chi connectivity index (χ0v) is 31.0. The Hall–Kier alpha value is -1.62. The normalized spacial score (nSPS) is 16.8. The van der Waals surface area contributed by atoms with Gasteiger partial charge in [-0.25, -0.2) is 16.4 Å². The molecule has 0 amide bonds. The summed E-state index contributed by atoms with van der Waals surface area (Å²) in [5.41, 5.74) is 10.8. The molecule has 1 aliphatic heterocycles. The number of piperidine rings is 1. The summed E-state index contributed by atoms with van der Waals surface area (Å²) in [6.45, 7) is 31.3. The molecule has 1 fully saturated rings. The van der Waals surface area contributed by atoms with Crippen LogP contribution in [0.5, 0.6) is 0 Å². The van der Waals surface area contributed by atoms with Gasteiger partial charge in [0.05, 0.1) is 0 Å². The maximum absolute atomic E-state index is 4.75. The molecule has 2 N–H and O–H groups in total. The van der Waals surface area contributed by atoms with E-state index in [1.807, 2.05) is 0 Å². The van der Waals surface area contributed by atoms with Gasteiger partial charge in [-0.3, -0.25) is 0 Å². The minimum absolute atomic E-state index is 0. The molecule has 0 unspecified atom stereocenters. The molecule has 3 nitrogen and oxygen atoms in total. The van der Waals surface area contributed by atoms with Gasteiger partial charge in [0.1, 0.15) is 0 Å². The molecule has 228 valence electrons. The summed E-state index contributed by atoms with van der Waals surface area (Å²) in [5.74, 6) is 1.90. The van der Waals surface area contributed by atoms with Crippen molar-refractivity contribution in [2.45, 2.75) is 151 Å². The van der Waals surface area contributed by atoms with E-state index in [-0.39, 0.29) is 34.1 Å². The van der Waals surface area contributed by atoms with Gasteiger partial charge in [-0.2, -0.15) is 0 Å². The molecule has 42 heavy (non-hydrogen) atoms. The summed E-state index contributed by atoms with van der Waals surface area (Å²) < 4.78 is 0. The monoisotopic (exact) mass is 583 g/mol. The van der Waals surface area contributed by atoms with E-state index in [4.69, 9.17) is 5.32 Å². The largest absolute Gasteiger partial charge is 2.00 e. The number of benzene rings is 2. The van der Waals surface area contributed by atoms with Crippen LogP contribution in [0.3, 0.4) is 0 Å². The van der Waals surface area contributed by atoms with Gasteiger partial charge < -0.3 is 5.32 Å². The fraction of sp³-hybridized carbons (Fsp3) is 0.605. The van der Waals surface area contributed by atoms with Crippen LogP contribution in [0.15, 0.2) is 36.4 Å². The van der Waals surface area contributed by atoms with Crippen LogP contribution in [0.1, 0.15) is 162 Å². The molecule has 0 bridgehead atoms. The van der Waals surface area contributed by atoms with Crippen molar-refractivity contribution < 1.29 is 9.98 Å². The number of para-hydroxylation sites is 2. The van der Waals surface area contributed by atoms with Crippen molar-refractivity contribution in [1.82, 2.24) is 0 Å². The van der Waals surface area contributed by atoms with Gasteiger partial charge in [-0.05, 0) is 37.5 Å². The second kappa shape index (κ2) is 16.4. The number of hydrogen-bond acceptors (Lipinski definition) is 0. The summed E-state index contributed by atoms with van der Waals surface area (Å²) in [5, 5.41) is 4.75. The van der Waals surface area contributed by atoms with E-state index in [2.05, 4.69) is 150 Å². The van der Waals surface area contributed by atoms with Crippen LogP contribution in [0, 0.1) is 6.42 Å². The first-order valence-electron chi connectivity index (χ1n) is 16.0. The average molecular weight is 584 g/mol. The molecule has 1 saturated heterocycles. The van der Waals surface area contributed by atoms with Crippen LogP contribution in [0.25, 0.3) is 5.32 Å². The molecule has 0 radical (unpaired) electrons. The van der Waals surface area contributed by atoms with Crippen LogP contribution < -0.4 is 9.98 Å². The van der Waals surface area contributed by atoms with Crippen molar-refractivity contribution in [3.63, 3.8) is 0 Å². The van der Waals surface area contributed by atoms with E-state index in [0.717, 1.165) is 11.4 Å². The summed E-state index contributed by atoms with van der Waals surface area (Å²) in [7, 11) is 0. The third-order valence-electron chi connectivity index (χ3n) is 8.01. The zero-order valence-electron chi connectivity index (χ0n) is 29.6. The SMILES string of the molecule is CC([CH-]C(C)=[NH+]c1c(C(C)C)cccc1C(C)C)=[NH+]c1c(C(C)C)cccc1C(C)C.CC1(C)CCCC(C)(C)[N-]1.[Mg+2]. The summed E-state index contributed by atoms with van der Waals surface area (Å²) >= 11 is 0. The summed E-state index contributed by atoms with van der Waals surface area (Å²) in [6, 6.07) is 13.3. The maximum atomic E-state index is 4.75. The van der Waals surface area contributed by atoms with Gasteiger partial charge in [0.15, 0.2) is 0 Å². The Labute approximate surface area is 276 Å². The predicted molar refractivity (Wildman–Crippen MR) is 187 cm³/mol. The first kappa shape index (κ1) is 38.4. The van der Waals surface area contributed by atoms with Gasteiger partial charge in [0.25, 0.3) is 0 Å². The third-order valence-corrected chi connectivity index (χ3v) is 8.01. The van der Waals surface area contributed by atoms with Gasteiger partial charge in [0, 0.05) is 33.7 Å². The first-order chi connectivity index (χ1) is 18.9. The van der Waals surface area contributed by atoms with E-state index in [1.165, 1.54) is 52.9 Å². The number of nitrogens with one attached hydrogen (secondary N) is 2. The Morgan fingerprint density at radius 1 is 0.619 bits per heavy atom.